The fraction of sp³-hybridized carbons (Fsp3) is 0.394. The fourth-order valence-electron chi connectivity index (χ4n) is 4.92. The predicted octanol–water partition coefficient (Wildman–Crippen LogP) is 6.53. The van der Waals surface area contributed by atoms with Crippen molar-refractivity contribution in [2.45, 2.75) is 46.6 Å². The molecule has 1 aromatic heterocycles. The van der Waals surface area contributed by atoms with E-state index in [0.29, 0.717) is 18.7 Å². The lowest BCUT2D eigenvalue weighted by Crippen LogP contribution is -2.36. The van der Waals surface area contributed by atoms with Gasteiger partial charge in [0.1, 0.15) is 0 Å². The molecule has 1 saturated heterocycles. The molecule has 2 heterocycles. The number of nitrogens with zero attached hydrogens (tertiary/aromatic N) is 2. The Balaban J connectivity index is 1.57. The van der Waals surface area contributed by atoms with Crippen molar-refractivity contribution in [3.63, 3.8) is 0 Å². The van der Waals surface area contributed by atoms with Crippen LogP contribution in [0.15, 0.2) is 61.3 Å². The Kier molecular flexibility index (Phi) is 9.90. The number of rotatable bonds is 11. The zero-order valence-corrected chi connectivity index (χ0v) is 23.8. The molecular formula is C33H41N3O3. The van der Waals surface area contributed by atoms with Crippen LogP contribution in [0, 0.1) is 6.92 Å². The number of nitrogens with one attached hydrogen (secondary N) is 1. The maximum absolute atomic E-state index is 12.8. The molecule has 1 amide bonds. The Hall–Kier alpha value is -3.48. The molecule has 6 heteroatoms. The van der Waals surface area contributed by atoms with E-state index in [1.54, 1.807) is 0 Å². The van der Waals surface area contributed by atoms with E-state index in [2.05, 4.69) is 48.0 Å². The van der Waals surface area contributed by atoms with Gasteiger partial charge in [0.15, 0.2) is 0 Å². The number of aromatic nitrogens is 1. The van der Waals surface area contributed by atoms with Crippen molar-refractivity contribution in [1.82, 2.24) is 10.3 Å². The summed E-state index contributed by atoms with van der Waals surface area (Å²) in [6.07, 6.45) is 3.94. The minimum Gasteiger partial charge on any atom is -0.378 e. The highest BCUT2D eigenvalue weighted by molar-refractivity contribution is 5.94. The number of aryl methyl sites for hydroxylation is 1. The molecular weight excluding hydrogens is 486 g/mol. The summed E-state index contributed by atoms with van der Waals surface area (Å²) < 4.78 is 11.3. The van der Waals surface area contributed by atoms with E-state index < -0.39 is 0 Å². The number of pyridine rings is 1. The second-order valence-electron chi connectivity index (χ2n) is 10.2. The third-order valence-electron chi connectivity index (χ3n) is 7.17. The minimum absolute atomic E-state index is 0.0480. The molecule has 2 aromatic carbocycles. The SMILES string of the molecule is C=C(C)c1cc(-c2cnc(C)c(-c3ccc(C(=O)NCC(CCC)OCC)cc3)c2)cc(N2CCOCC2)c1. The molecule has 1 atom stereocenters. The van der Waals surface area contributed by atoms with Crippen molar-refractivity contribution < 1.29 is 14.3 Å². The van der Waals surface area contributed by atoms with Gasteiger partial charge >= 0.3 is 0 Å². The number of ether oxygens (including phenoxy) is 2. The molecule has 206 valence electrons. The van der Waals surface area contributed by atoms with Gasteiger partial charge in [-0.05, 0) is 80.3 Å². The summed E-state index contributed by atoms with van der Waals surface area (Å²) >= 11 is 0. The maximum atomic E-state index is 12.8. The molecule has 0 saturated carbocycles. The average Bonchev–Trinajstić information content (AvgIpc) is 2.96. The lowest BCUT2D eigenvalue weighted by atomic mass is 9.96. The third-order valence-corrected chi connectivity index (χ3v) is 7.17. The third kappa shape index (κ3) is 7.34. The standard InChI is InChI=1S/C33H41N3O3/c1-6-8-31(39-7-2)22-35-33(37)26-11-9-25(10-12-26)32-20-29(21-34-24(32)5)28-17-27(23(3)4)18-30(19-28)36-13-15-38-16-14-36/h9-12,17-21,31H,3,6-8,13-16,22H2,1-2,4-5H3,(H,35,37). The monoisotopic (exact) mass is 527 g/mol. The first-order valence-corrected chi connectivity index (χ1v) is 14.0. The first-order chi connectivity index (χ1) is 18.9. The topological polar surface area (TPSA) is 63.7 Å². The molecule has 1 fully saturated rings. The molecule has 1 N–H and O–H groups in total. The smallest absolute Gasteiger partial charge is 0.251 e. The first-order valence-electron chi connectivity index (χ1n) is 14.0. The number of morpholine rings is 1. The van der Waals surface area contributed by atoms with E-state index in [1.807, 2.05) is 51.2 Å². The summed E-state index contributed by atoms with van der Waals surface area (Å²) in [5.74, 6) is -0.0850. The molecule has 0 radical (unpaired) electrons. The van der Waals surface area contributed by atoms with Crippen LogP contribution in [0.5, 0.6) is 0 Å². The fourth-order valence-corrected chi connectivity index (χ4v) is 4.92. The normalized spacial score (nSPS) is 14.2. The number of hydrogen-bond donors (Lipinski definition) is 1. The summed E-state index contributed by atoms with van der Waals surface area (Å²) in [5, 5.41) is 3.02. The van der Waals surface area contributed by atoms with E-state index in [-0.39, 0.29) is 12.0 Å². The van der Waals surface area contributed by atoms with E-state index >= 15 is 0 Å². The number of anilines is 1. The van der Waals surface area contributed by atoms with Crippen molar-refractivity contribution >= 4 is 17.2 Å². The zero-order valence-electron chi connectivity index (χ0n) is 23.8. The molecule has 1 aliphatic heterocycles. The van der Waals surface area contributed by atoms with Gasteiger partial charge in [-0.25, -0.2) is 0 Å². The number of amides is 1. The van der Waals surface area contributed by atoms with Crippen LogP contribution >= 0.6 is 0 Å². The summed E-state index contributed by atoms with van der Waals surface area (Å²) in [6.45, 7) is 16.7. The Labute approximate surface area is 233 Å². The van der Waals surface area contributed by atoms with Gasteiger partial charge in [0.2, 0.25) is 0 Å². The predicted molar refractivity (Wildman–Crippen MR) is 160 cm³/mol. The first kappa shape index (κ1) is 28.5. The number of allylic oxidation sites excluding steroid dienone is 1. The Morgan fingerprint density at radius 3 is 2.46 bits per heavy atom. The molecule has 1 aliphatic rings. The van der Waals surface area contributed by atoms with Crippen molar-refractivity contribution in [1.29, 1.82) is 0 Å². The van der Waals surface area contributed by atoms with E-state index in [0.717, 1.165) is 78.2 Å². The summed E-state index contributed by atoms with van der Waals surface area (Å²) in [4.78, 5) is 19.9. The van der Waals surface area contributed by atoms with E-state index in [1.165, 1.54) is 5.69 Å². The van der Waals surface area contributed by atoms with Gasteiger partial charge in [0.25, 0.3) is 5.91 Å². The van der Waals surface area contributed by atoms with Crippen LogP contribution in [-0.2, 0) is 9.47 Å². The Morgan fingerprint density at radius 1 is 1.05 bits per heavy atom. The second kappa shape index (κ2) is 13.5. The molecule has 4 rings (SSSR count). The number of carbonyl (C=O) groups excluding carboxylic acids is 1. The maximum Gasteiger partial charge on any atom is 0.251 e. The summed E-state index contributed by atoms with van der Waals surface area (Å²) in [7, 11) is 0. The lowest BCUT2D eigenvalue weighted by molar-refractivity contribution is 0.0534. The van der Waals surface area contributed by atoms with Crippen molar-refractivity contribution in [3.8, 4) is 22.3 Å². The summed E-state index contributed by atoms with van der Waals surface area (Å²) in [6, 6.07) is 16.6. The van der Waals surface area contributed by atoms with Crippen LogP contribution < -0.4 is 10.2 Å². The largest absolute Gasteiger partial charge is 0.378 e. The molecule has 0 aliphatic carbocycles. The second-order valence-corrected chi connectivity index (χ2v) is 10.2. The van der Waals surface area contributed by atoms with Crippen LogP contribution in [0.1, 0.15) is 55.2 Å². The Bertz CT molecular complexity index is 1270. The van der Waals surface area contributed by atoms with Crippen molar-refractivity contribution in [2.24, 2.45) is 0 Å². The molecule has 0 bridgehead atoms. The summed E-state index contributed by atoms with van der Waals surface area (Å²) in [5.41, 5.74) is 9.15. The number of hydrogen-bond acceptors (Lipinski definition) is 5. The number of carbonyl (C=O) groups is 1. The number of benzene rings is 2. The van der Waals surface area contributed by atoms with Gasteiger partial charge in [0, 0.05) is 60.5 Å². The van der Waals surface area contributed by atoms with Crippen LogP contribution in [0.4, 0.5) is 5.69 Å². The highest BCUT2D eigenvalue weighted by atomic mass is 16.5. The minimum atomic E-state index is -0.0850. The van der Waals surface area contributed by atoms with Gasteiger partial charge in [0.05, 0.1) is 19.3 Å². The molecule has 3 aromatic rings. The van der Waals surface area contributed by atoms with Gasteiger partial charge in [-0.2, -0.15) is 0 Å². The van der Waals surface area contributed by atoms with Crippen LogP contribution in [-0.4, -0.2) is 56.5 Å². The molecule has 6 nitrogen and oxygen atoms in total. The highest BCUT2D eigenvalue weighted by Gasteiger charge is 2.16. The van der Waals surface area contributed by atoms with Crippen LogP contribution in [0.25, 0.3) is 27.8 Å². The average molecular weight is 528 g/mol. The molecule has 0 spiro atoms. The van der Waals surface area contributed by atoms with Gasteiger partial charge in [-0.3, -0.25) is 9.78 Å². The van der Waals surface area contributed by atoms with E-state index in [4.69, 9.17) is 14.5 Å². The van der Waals surface area contributed by atoms with E-state index in [9.17, 15) is 4.79 Å². The Morgan fingerprint density at radius 2 is 1.79 bits per heavy atom. The quantitative estimate of drug-likeness (QED) is 0.307. The zero-order chi connectivity index (χ0) is 27.8. The van der Waals surface area contributed by atoms with Gasteiger partial charge in [-0.1, -0.05) is 37.6 Å². The van der Waals surface area contributed by atoms with Crippen LogP contribution in [0.2, 0.25) is 0 Å². The van der Waals surface area contributed by atoms with Crippen molar-refractivity contribution in [3.05, 3.63) is 78.1 Å². The highest BCUT2D eigenvalue weighted by Crippen LogP contribution is 2.33. The van der Waals surface area contributed by atoms with Crippen LogP contribution in [0.3, 0.4) is 0 Å². The molecule has 39 heavy (non-hydrogen) atoms. The van der Waals surface area contributed by atoms with Gasteiger partial charge < -0.3 is 19.7 Å². The van der Waals surface area contributed by atoms with Crippen molar-refractivity contribution in [2.75, 3.05) is 44.4 Å². The lowest BCUT2D eigenvalue weighted by Gasteiger charge is -2.29. The van der Waals surface area contributed by atoms with Gasteiger partial charge in [-0.15, -0.1) is 0 Å². The molecule has 1 unspecified atom stereocenters.